The van der Waals surface area contributed by atoms with Crippen LogP contribution in [-0.4, -0.2) is 15.0 Å². The molecule has 3 aromatic rings. The van der Waals surface area contributed by atoms with Gasteiger partial charge in [-0.05, 0) is 30.7 Å². The smallest absolute Gasteiger partial charge is 0.0895 e. The minimum absolute atomic E-state index is 0.632. The Morgan fingerprint density at radius 2 is 1.83 bits per heavy atom. The number of fused-ring (bicyclic) bond motifs is 1. The molecule has 4 heteroatoms. The molecular weight excluding hydrogens is 224 g/mol. The van der Waals surface area contributed by atoms with Gasteiger partial charge in [0, 0.05) is 23.3 Å². The molecule has 3 aromatic heterocycles. The Bertz CT molecular complexity index is 722. The number of anilines is 1. The molecule has 0 radical (unpaired) electrons. The Kier molecular flexibility index (Phi) is 2.41. The minimum atomic E-state index is 0.632. The highest BCUT2D eigenvalue weighted by atomic mass is 14.8. The summed E-state index contributed by atoms with van der Waals surface area (Å²) in [5.74, 6) is 0. The number of pyridine rings is 3. The first-order chi connectivity index (χ1) is 8.75. The molecule has 18 heavy (non-hydrogen) atoms. The molecule has 0 amide bonds. The summed E-state index contributed by atoms with van der Waals surface area (Å²) < 4.78 is 0. The Morgan fingerprint density at radius 3 is 2.67 bits per heavy atom. The van der Waals surface area contributed by atoms with Crippen molar-refractivity contribution in [2.45, 2.75) is 6.92 Å². The van der Waals surface area contributed by atoms with Crippen molar-refractivity contribution in [2.24, 2.45) is 0 Å². The van der Waals surface area contributed by atoms with E-state index in [-0.39, 0.29) is 0 Å². The summed E-state index contributed by atoms with van der Waals surface area (Å²) >= 11 is 0. The number of rotatable bonds is 1. The average Bonchev–Trinajstić information content (AvgIpc) is 2.39. The van der Waals surface area contributed by atoms with E-state index < -0.39 is 0 Å². The van der Waals surface area contributed by atoms with E-state index in [0.717, 1.165) is 27.7 Å². The fourth-order valence-corrected chi connectivity index (χ4v) is 2.03. The zero-order chi connectivity index (χ0) is 12.5. The predicted octanol–water partition coefficient (Wildman–Crippen LogP) is 2.58. The molecule has 0 bridgehead atoms. The maximum absolute atomic E-state index is 5.93. The van der Waals surface area contributed by atoms with Gasteiger partial charge < -0.3 is 5.73 Å². The molecule has 3 heterocycles. The maximum Gasteiger partial charge on any atom is 0.0895 e. The Hall–Kier alpha value is -2.49. The van der Waals surface area contributed by atoms with Crippen LogP contribution in [0.1, 0.15) is 5.56 Å². The lowest BCUT2D eigenvalue weighted by Crippen LogP contribution is -1.94. The van der Waals surface area contributed by atoms with E-state index in [0.29, 0.717) is 5.69 Å². The third-order valence-corrected chi connectivity index (χ3v) is 2.95. The van der Waals surface area contributed by atoms with Crippen molar-refractivity contribution in [3.05, 3.63) is 48.5 Å². The third kappa shape index (κ3) is 1.68. The summed E-state index contributed by atoms with van der Waals surface area (Å²) in [6, 6.07) is 5.88. The highest BCUT2D eigenvalue weighted by Gasteiger charge is 2.07. The molecule has 3 rings (SSSR count). The lowest BCUT2D eigenvalue weighted by atomic mass is 10.1. The van der Waals surface area contributed by atoms with E-state index in [2.05, 4.69) is 21.9 Å². The van der Waals surface area contributed by atoms with Crippen LogP contribution < -0.4 is 5.73 Å². The number of nitrogens with two attached hydrogens (primary N) is 1. The standard InChI is InChI=1S/C14H12N4/c1-9-6-13(11-3-5-16-7-12(11)15)18-14-8-17-4-2-10(9)14/h2-8H,15H2,1H3. The van der Waals surface area contributed by atoms with E-state index in [9.17, 15) is 0 Å². The zero-order valence-electron chi connectivity index (χ0n) is 9.96. The van der Waals surface area contributed by atoms with Gasteiger partial charge in [-0.1, -0.05) is 0 Å². The number of aryl methyl sites for hydroxylation is 1. The van der Waals surface area contributed by atoms with Gasteiger partial charge in [-0.15, -0.1) is 0 Å². The summed E-state index contributed by atoms with van der Waals surface area (Å²) in [7, 11) is 0. The van der Waals surface area contributed by atoms with E-state index in [1.54, 1.807) is 24.8 Å². The van der Waals surface area contributed by atoms with Gasteiger partial charge in [0.1, 0.15) is 0 Å². The molecule has 0 aromatic carbocycles. The number of hydrogen-bond acceptors (Lipinski definition) is 4. The molecule has 0 unspecified atom stereocenters. The van der Waals surface area contributed by atoms with Crippen molar-refractivity contribution >= 4 is 16.6 Å². The number of nitrogen functional groups attached to an aromatic ring is 1. The summed E-state index contributed by atoms with van der Waals surface area (Å²) in [4.78, 5) is 12.7. The van der Waals surface area contributed by atoms with Crippen LogP contribution >= 0.6 is 0 Å². The molecule has 2 N–H and O–H groups in total. The van der Waals surface area contributed by atoms with Crippen LogP contribution in [0.5, 0.6) is 0 Å². The van der Waals surface area contributed by atoms with Crippen molar-refractivity contribution < 1.29 is 0 Å². The summed E-state index contributed by atoms with van der Waals surface area (Å²) in [6.07, 6.45) is 6.90. The van der Waals surface area contributed by atoms with Gasteiger partial charge in [0.15, 0.2) is 0 Å². The molecular formula is C14H12N4. The molecule has 0 fully saturated rings. The van der Waals surface area contributed by atoms with Gasteiger partial charge in [-0.2, -0.15) is 0 Å². The largest absolute Gasteiger partial charge is 0.397 e. The van der Waals surface area contributed by atoms with Gasteiger partial charge in [0.05, 0.1) is 29.3 Å². The normalized spacial score (nSPS) is 10.7. The van der Waals surface area contributed by atoms with Gasteiger partial charge in [-0.25, -0.2) is 4.98 Å². The molecule has 88 valence electrons. The van der Waals surface area contributed by atoms with Gasteiger partial charge in [0.25, 0.3) is 0 Å². The van der Waals surface area contributed by atoms with Crippen molar-refractivity contribution in [1.29, 1.82) is 0 Å². The van der Waals surface area contributed by atoms with E-state index in [4.69, 9.17) is 5.73 Å². The monoisotopic (exact) mass is 236 g/mol. The molecule has 0 atom stereocenters. The van der Waals surface area contributed by atoms with Crippen LogP contribution in [-0.2, 0) is 0 Å². The van der Waals surface area contributed by atoms with Crippen LogP contribution in [0.4, 0.5) is 5.69 Å². The van der Waals surface area contributed by atoms with Crippen LogP contribution in [0.2, 0.25) is 0 Å². The number of nitrogens with zero attached hydrogens (tertiary/aromatic N) is 3. The molecule has 4 nitrogen and oxygen atoms in total. The highest BCUT2D eigenvalue weighted by molar-refractivity contribution is 5.85. The van der Waals surface area contributed by atoms with Crippen LogP contribution in [0.15, 0.2) is 43.0 Å². The van der Waals surface area contributed by atoms with Crippen molar-refractivity contribution in [1.82, 2.24) is 15.0 Å². The summed E-state index contributed by atoms with van der Waals surface area (Å²) in [5.41, 5.74) is 10.4. The summed E-state index contributed by atoms with van der Waals surface area (Å²) in [6.45, 7) is 2.06. The van der Waals surface area contributed by atoms with Crippen LogP contribution in [0.3, 0.4) is 0 Å². The average molecular weight is 236 g/mol. The Balaban J connectivity index is 2.28. The Labute approximate surface area is 105 Å². The van der Waals surface area contributed by atoms with Gasteiger partial charge in [0.2, 0.25) is 0 Å². The van der Waals surface area contributed by atoms with E-state index >= 15 is 0 Å². The van der Waals surface area contributed by atoms with Crippen LogP contribution in [0.25, 0.3) is 22.2 Å². The number of aromatic nitrogens is 3. The van der Waals surface area contributed by atoms with Crippen molar-refractivity contribution in [3.63, 3.8) is 0 Å². The van der Waals surface area contributed by atoms with Crippen molar-refractivity contribution in [3.8, 4) is 11.3 Å². The zero-order valence-corrected chi connectivity index (χ0v) is 9.96. The third-order valence-electron chi connectivity index (χ3n) is 2.95. The second kappa shape index (κ2) is 4.07. The molecule has 0 saturated heterocycles. The maximum atomic E-state index is 5.93. The number of hydrogen-bond donors (Lipinski definition) is 1. The first-order valence-electron chi connectivity index (χ1n) is 5.67. The predicted molar refractivity (Wildman–Crippen MR) is 71.9 cm³/mol. The molecule has 0 aliphatic rings. The van der Waals surface area contributed by atoms with Gasteiger partial charge >= 0.3 is 0 Å². The lowest BCUT2D eigenvalue weighted by molar-refractivity contribution is 1.28. The molecule has 0 aliphatic carbocycles. The van der Waals surface area contributed by atoms with Gasteiger partial charge in [-0.3, -0.25) is 9.97 Å². The summed E-state index contributed by atoms with van der Waals surface area (Å²) in [5, 5.41) is 1.11. The molecule has 0 aliphatic heterocycles. The quantitative estimate of drug-likeness (QED) is 0.705. The minimum Gasteiger partial charge on any atom is -0.397 e. The Morgan fingerprint density at radius 1 is 1.06 bits per heavy atom. The van der Waals surface area contributed by atoms with E-state index in [1.165, 1.54) is 0 Å². The van der Waals surface area contributed by atoms with E-state index in [1.807, 2.05) is 18.2 Å². The fourth-order valence-electron chi connectivity index (χ4n) is 2.03. The highest BCUT2D eigenvalue weighted by Crippen LogP contribution is 2.26. The topological polar surface area (TPSA) is 64.7 Å². The second-order valence-electron chi connectivity index (χ2n) is 4.18. The first-order valence-corrected chi connectivity index (χ1v) is 5.67. The second-order valence-corrected chi connectivity index (χ2v) is 4.18. The fraction of sp³-hybridized carbons (Fsp3) is 0.0714. The SMILES string of the molecule is Cc1cc(-c2ccncc2N)nc2cnccc12. The molecule has 0 spiro atoms. The first kappa shape index (κ1) is 10.7. The molecule has 0 saturated carbocycles. The van der Waals surface area contributed by atoms with Crippen molar-refractivity contribution in [2.75, 3.05) is 5.73 Å². The van der Waals surface area contributed by atoms with Crippen LogP contribution in [0, 0.1) is 6.92 Å². The lowest BCUT2D eigenvalue weighted by Gasteiger charge is -2.07.